The molecule has 0 saturated carbocycles. The van der Waals surface area contributed by atoms with Gasteiger partial charge >= 0.3 is 5.97 Å². The van der Waals surface area contributed by atoms with Crippen LogP contribution >= 0.6 is 12.2 Å². The van der Waals surface area contributed by atoms with Crippen LogP contribution in [-0.2, 0) is 16.1 Å². The summed E-state index contributed by atoms with van der Waals surface area (Å²) in [5.41, 5.74) is 2.84. The first-order valence-electron chi connectivity index (χ1n) is 9.86. The number of aromatic nitrogens is 3. The quantitative estimate of drug-likeness (QED) is 0.465. The maximum atomic E-state index is 12.3. The zero-order valence-electron chi connectivity index (χ0n) is 16.6. The van der Waals surface area contributed by atoms with Gasteiger partial charge in [0.2, 0.25) is 0 Å². The van der Waals surface area contributed by atoms with E-state index in [1.807, 2.05) is 53.6 Å². The Morgan fingerprint density at radius 3 is 2.63 bits per heavy atom. The average molecular weight is 422 g/mol. The molecule has 0 aromatic carbocycles. The van der Waals surface area contributed by atoms with Crippen molar-refractivity contribution in [1.29, 1.82) is 0 Å². The van der Waals surface area contributed by atoms with Gasteiger partial charge in [-0.25, -0.2) is 0 Å². The number of esters is 1. The monoisotopic (exact) mass is 421 g/mol. The maximum absolute atomic E-state index is 12.3. The SMILES string of the molecule is CCOC(=O)CN1C(=S)N[C@@H](c2ccccn2)[C@@H]1c1cccn1Cc1ccccn1. The fourth-order valence-electron chi connectivity index (χ4n) is 3.75. The lowest BCUT2D eigenvalue weighted by Gasteiger charge is -2.28. The highest BCUT2D eigenvalue weighted by molar-refractivity contribution is 7.80. The van der Waals surface area contributed by atoms with Crippen LogP contribution in [0.3, 0.4) is 0 Å². The molecule has 1 N–H and O–H groups in total. The van der Waals surface area contributed by atoms with Crippen molar-refractivity contribution in [3.05, 3.63) is 84.2 Å². The van der Waals surface area contributed by atoms with Crippen LogP contribution in [0, 0.1) is 0 Å². The predicted molar refractivity (Wildman–Crippen MR) is 117 cm³/mol. The van der Waals surface area contributed by atoms with Gasteiger partial charge in [-0.2, -0.15) is 0 Å². The first-order valence-corrected chi connectivity index (χ1v) is 10.3. The number of hydrogen-bond acceptors (Lipinski definition) is 5. The van der Waals surface area contributed by atoms with Gasteiger partial charge in [0, 0.05) is 24.3 Å². The number of nitrogens with one attached hydrogen (secondary N) is 1. The lowest BCUT2D eigenvalue weighted by Crippen LogP contribution is -2.36. The minimum absolute atomic E-state index is 0.0719. The topological polar surface area (TPSA) is 72.3 Å². The largest absolute Gasteiger partial charge is 0.465 e. The molecule has 0 amide bonds. The van der Waals surface area contributed by atoms with Crippen LogP contribution < -0.4 is 5.32 Å². The zero-order valence-corrected chi connectivity index (χ0v) is 17.5. The van der Waals surface area contributed by atoms with Crippen molar-refractivity contribution >= 4 is 23.3 Å². The van der Waals surface area contributed by atoms with Crippen molar-refractivity contribution in [1.82, 2.24) is 24.8 Å². The van der Waals surface area contributed by atoms with Crippen molar-refractivity contribution in [2.24, 2.45) is 0 Å². The van der Waals surface area contributed by atoms with Crippen molar-refractivity contribution in [3.8, 4) is 0 Å². The molecule has 1 saturated heterocycles. The van der Waals surface area contributed by atoms with Gasteiger partial charge in [0.25, 0.3) is 0 Å². The van der Waals surface area contributed by atoms with Gasteiger partial charge in [-0.05, 0) is 55.5 Å². The summed E-state index contributed by atoms with van der Waals surface area (Å²) in [7, 11) is 0. The summed E-state index contributed by atoms with van der Waals surface area (Å²) < 4.78 is 7.32. The van der Waals surface area contributed by atoms with E-state index in [4.69, 9.17) is 17.0 Å². The van der Waals surface area contributed by atoms with Crippen LogP contribution in [0.2, 0.25) is 0 Å². The van der Waals surface area contributed by atoms with Crippen LogP contribution in [0.1, 0.15) is 36.1 Å². The molecule has 154 valence electrons. The van der Waals surface area contributed by atoms with Crippen LogP contribution in [-0.4, -0.2) is 43.7 Å². The molecule has 7 nitrogen and oxygen atoms in total. The summed E-state index contributed by atoms with van der Waals surface area (Å²) in [6.45, 7) is 2.82. The molecular formula is C22H23N5O2S. The number of nitrogens with zero attached hydrogens (tertiary/aromatic N) is 4. The lowest BCUT2D eigenvalue weighted by molar-refractivity contribution is -0.143. The number of hydrogen-bond donors (Lipinski definition) is 1. The summed E-state index contributed by atoms with van der Waals surface area (Å²) in [5, 5.41) is 3.86. The number of carbonyl (C=O) groups is 1. The Morgan fingerprint density at radius 1 is 1.13 bits per heavy atom. The number of pyridine rings is 2. The van der Waals surface area contributed by atoms with Gasteiger partial charge < -0.3 is 19.5 Å². The zero-order chi connectivity index (χ0) is 20.9. The van der Waals surface area contributed by atoms with E-state index in [1.54, 1.807) is 19.3 Å². The summed E-state index contributed by atoms with van der Waals surface area (Å²) >= 11 is 5.60. The Hall–Kier alpha value is -3.26. The van der Waals surface area contributed by atoms with Crippen molar-refractivity contribution in [2.45, 2.75) is 25.6 Å². The fourth-order valence-corrected chi connectivity index (χ4v) is 4.05. The van der Waals surface area contributed by atoms with E-state index >= 15 is 0 Å². The molecule has 0 aliphatic carbocycles. The van der Waals surface area contributed by atoms with Gasteiger partial charge in [0.15, 0.2) is 5.11 Å². The molecule has 1 aliphatic heterocycles. The molecule has 1 aliphatic rings. The molecule has 2 atom stereocenters. The van der Waals surface area contributed by atoms with E-state index < -0.39 is 0 Å². The number of rotatable bonds is 7. The van der Waals surface area contributed by atoms with E-state index in [2.05, 4.69) is 25.9 Å². The lowest BCUT2D eigenvalue weighted by atomic mass is 10.0. The molecule has 0 unspecified atom stereocenters. The first-order chi connectivity index (χ1) is 14.7. The summed E-state index contributed by atoms with van der Waals surface area (Å²) in [6.07, 6.45) is 5.57. The van der Waals surface area contributed by atoms with Gasteiger partial charge in [-0.3, -0.25) is 14.8 Å². The molecule has 3 aromatic heterocycles. The van der Waals surface area contributed by atoms with Crippen LogP contribution in [0.5, 0.6) is 0 Å². The predicted octanol–water partition coefficient (Wildman–Crippen LogP) is 2.86. The summed E-state index contributed by atoms with van der Waals surface area (Å²) in [6, 6.07) is 15.3. The number of ether oxygens (including phenoxy) is 1. The van der Waals surface area contributed by atoms with Gasteiger partial charge in [-0.1, -0.05) is 12.1 Å². The summed E-state index contributed by atoms with van der Waals surface area (Å²) in [5.74, 6) is -0.309. The van der Waals surface area contributed by atoms with Gasteiger partial charge in [-0.15, -0.1) is 0 Å². The molecule has 3 aromatic rings. The Labute approximate surface area is 180 Å². The Balaban J connectivity index is 1.71. The number of thiocarbonyl (C=S) groups is 1. The van der Waals surface area contributed by atoms with Crippen LogP contribution in [0.25, 0.3) is 0 Å². The molecule has 4 rings (SSSR count). The van der Waals surface area contributed by atoms with E-state index in [0.29, 0.717) is 18.3 Å². The van der Waals surface area contributed by atoms with Crippen molar-refractivity contribution in [3.63, 3.8) is 0 Å². The van der Waals surface area contributed by atoms with Crippen LogP contribution in [0.15, 0.2) is 67.1 Å². The van der Waals surface area contributed by atoms with E-state index in [0.717, 1.165) is 17.1 Å². The molecule has 8 heteroatoms. The summed E-state index contributed by atoms with van der Waals surface area (Å²) in [4.78, 5) is 23.2. The highest BCUT2D eigenvalue weighted by atomic mass is 32.1. The third-order valence-electron chi connectivity index (χ3n) is 5.03. The highest BCUT2D eigenvalue weighted by Gasteiger charge is 2.42. The smallest absolute Gasteiger partial charge is 0.325 e. The van der Waals surface area contributed by atoms with Gasteiger partial charge in [0.1, 0.15) is 6.54 Å². The third-order valence-corrected chi connectivity index (χ3v) is 5.38. The Bertz CT molecular complexity index is 1010. The van der Waals surface area contributed by atoms with E-state index in [1.165, 1.54) is 0 Å². The Kier molecular flexibility index (Phi) is 6.04. The first kappa shape index (κ1) is 20.0. The van der Waals surface area contributed by atoms with Crippen molar-refractivity contribution in [2.75, 3.05) is 13.2 Å². The molecule has 0 bridgehead atoms. The Morgan fingerprint density at radius 2 is 1.93 bits per heavy atom. The molecule has 30 heavy (non-hydrogen) atoms. The number of carbonyl (C=O) groups excluding carboxylic acids is 1. The highest BCUT2D eigenvalue weighted by Crippen LogP contribution is 2.38. The minimum Gasteiger partial charge on any atom is -0.465 e. The molecule has 0 radical (unpaired) electrons. The fraction of sp³-hybridized carbons (Fsp3) is 0.273. The molecule has 4 heterocycles. The standard InChI is InChI=1S/C22H23N5O2S/c1-2-29-19(28)15-27-21(20(25-22(27)30)17-9-4-6-12-24-17)18-10-7-13-26(18)14-16-8-3-5-11-23-16/h3-13,20-21H,2,14-15H2,1H3,(H,25,30)/t20-,21-/m0/s1. The average Bonchev–Trinajstić information content (AvgIpc) is 3.34. The van der Waals surface area contributed by atoms with E-state index in [-0.39, 0.29) is 24.6 Å². The normalized spacial score (nSPS) is 18.3. The third kappa shape index (κ3) is 4.18. The van der Waals surface area contributed by atoms with Gasteiger partial charge in [0.05, 0.1) is 36.6 Å². The minimum atomic E-state index is -0.309. The second-order valence-electron chi connectivity index (χ2n) is 6.94. The molecular weight excluding hydrogens is 398 g/mol. The van der Waals surface area contributed by atoms with Crippen LogP contribution in [0.4, 0.5) is 0 Å². The second kappa shape index (κ2) is 9.04. The second-order valence-corrected chi connectivity index (χ2v) is 7.33. The van der Waals surface area contributed by atoms with Crippen molar-refractivity contribution < 1.29 is 9.53 Å². The molecule has 1 fully saturated rings. The molecule has 0 spiro atoms. The maximum Gasteiger partial charge on any atom is 0.325 e. The van der Waals surface area contributed by atoms with E-state index in [9.17, 15) is 4.79 Å².